The van der Waals surface area contributed by atoms with Gasteiger partial charge in [0.15, 0.2) is 6.10 Å². The zero-order valence-corrected chi connectivity index (χ0v) is 18.3. The van der Waals surface area contributed by atoms with Gasteiger partial charge in [0.05, 0.1) is 30.2 Å². The van der Waals surface area contributed by atoms with E-state index in [2.05, 4.69) is 0 Å². The lowest BCUT2D eigenvalue weighted by Crippen LogP contribution is -2.45. The monoisotopic (exact) mass is 455 g/mol. The van der Waals surface area contributed by atoms with Crippen LogP contribution in [0.5, 0.6) is 11.5 Å². The van der Waals surface area contributed by atoms with Crippen LogP contribution >= 0.6 is 35.0 Å². The average Bonchev–Trinajstić information content (AvgIpc) is 2.86. The molecule has 0 N–H and O–H groups in total. The van der Waals surface area contributed by atoms with Crippen LogP contribution in [-0.4, -0.2) is 45.1 Å². The summed E-state index contributed by atoms with van der Waals surface area (Å²) in [4.78, 5) is 27.6. The number of hydrogen-bond donors (Lipinski definition) is 0. The van der Waals surface area contributed by atoms with Crippen LogP contribution in [-0.2, 0) is 14.3 Å². The number of thioether (sulfide) groups is 1. The van der Waals surface area contributed by atoms with E-state index in [-0.39, 0.29) is 10.9 Å². The van der Waals surface area contributed by atoms with Gasteiger partial charge in [-0.05, 0) is 29.8 Å². The molecule has 0 spiro atoms. The van der Waals surface area contributed by atoms with Crippen molar-refractivity contribution in [2.24, 2.45) is 0 Å². The molecule has 0 saturated carbocycles. The van der Waals surface area contributed by atoms with E-state index in [9.17, 15) is 9.59 Å². The summed E-state index contributed by atoms with van der Waals surface area (Å²) < 4.78 is 16.1. The van der Waals surface area contributed by atoms with E-state index in [0.717, 1.165) is 10.5 Å². The summed E-state index contributed by atoms with van der Waals surface area (Å²) in [6, 6.07) is 10.6. The lowest BCUT2D eigenvalue weighted by Gasteiger charge is -2.25. The highest BCUT2D eigenvalue weighted by Gasteiger charge is 2.41. The molecule has 0 aromatic heterocycles. The van der Waals surface area contributed by atoms with Gasteiger partial charge in [0.2, 0.25) is 5.91 Å². The minimum absolute atomic E-state index is 0.281. The third-order valence-corrected chi connectivity index (χ3v) is 6.41. The first-order chi connectivity index (χ1) is 13.9. The molecule has 0 saturated heterocycles. The van der Waals surface area contributed by atoms with Gasteiger partial charge < -0.3 is 14.2 Å². The zero-order chi connectivity index (χ0) is 21.1. The Morgan fingerprint density at radius 2 is 1.83 bits per heavy atom. The number of hydrogen-bond acceptors (Lipinski definition) is 6. The predicted molar refractivity (Wildman–Crippen MR) is 114 cm³/mol. The van der Waals surface area contributed by atoms with E-state index in [1.165, 1.54) is 32.0 Å². The summed E-state index contributed by atoms with van der Waals surface area (Å²) in [5.74, 6) is -0.291. The Kier molecular flexibility index (Phi) is 6.95. The van der Waals surface area contributed by atoms with Crippen molar-refractivity contribution < 1.29 is 23.8 Å². The molecule has 3 rings (SSSR count). The normalized spacial score (nSPS) is 18.8. The van der Waals surface area contributed by atoms with Crippen molar-refractivity contribution in [2.45, 2.75) is 16.2 Å². The molecule has 2 unspecified atom stereocenters. The fraction of sp³-hybridized carbons (Fsp3) is 0.300. The largest absolute Gasteiger partial charge is 0.497 e. The molecule has 2 aromatic rings. The van der Waals surface area contributed by atoms with Gasteiger partial charge in [-0.3, -0.25) is 9.59 Å². The third kappa shape index (κ3) is 4.19. The van der Waals surface area contributed by atoms with Crippen LogP contribution in [0.1, 0.15) is 10.8 Å². The van der Waals surface area contributed by atoms with Crippen LogP contribution < -0.4 is 14.4 Å². The molecule has 154 valence electrons. The summed E-state index contributed by atoms with van der Waals surface area (Å²) in [6.07, 6.45) is -0.919. The number of benzene rings is 2. The van der Waals surface area contributed by atoms with Crippen LogP contribution in [0.4, 0.5) is 5.69 Å². The summed E-state index contributed by atoms with van der Waals surface area (Å²) >= 11 is 13.4. The topological polar surface area (TPSA) is 65.1 Å². The molecule has 6 nitrogen and oxygen atoms in total. The molecule has 0 bridgehead atoms. The van der Waals surface area contributed by atoms with Gasteiger partial charge >= 0.3 is 0 Å². The summed E-state index contributed by atoms with van der Waals surface area (Å²) in [6.45, 7) is 0. The standard InChI is InChI=1S/C20H19Cl2NO5S/c1-26-12-6-4-11(5-7-12)19-18(28-3)20(25)23(17(24)10-21)14-8-13(22)15(27-2)9-16(14)29-19/h4-9,18-19H,10H2,1-3H3. The molecule has 2 amide bonds. The fourth-order valence-corrected chi connectivity index (χ4v) is 4.82. The second-order valence-corrected chi connectivity index (χ2v) is 7.98. The number of amides is 2. The number of nitrogens with zero attached hydrogens (tertiary/aromatic N) is 1. The number of carbonyl (C=O) groups is 2. The van der Waals surface area contributed by atoms with Gasteiger partial charge in [-0.15, -0.1) is 23.4 Å². The lowest BCUT2D eigenvalue weighted by molar-refractivity contribution is -0.132. The Hall–Kier alpha value is -1.93. The smallest absolute Gasteiger partial charge is 0.264 e. The van der Waals surface area contributed by atoms with E-state index in [1.54, 1.807) is 13.2 Å². The summed E-state index contributed by atoms with van der Waals surface area (Å²) in [7, 11) is 4.52. The van der Waals surface area contributed by atoms with Crippen LogP contribution in [0, 0.1) is 0 Å². The Morgan fingerprint density at radius 3 is 2.38 bits per heavy atom. The summed E-state index contributed by atoms with van der Waals surface area (Å²) in [5.41, 5.74) is 1.20. The average molecular weight is 456 g/mol. The predicted octanol–water partition coefficient (Wildman–Crippen LogP) is 4.32. The molecule has 2 atom stereocenters. The first kappa shape index (κ1) is 21.8. The minimum Gasteiger partial charge on any atom is -0.497 e. The maximum Gasteiger partial charge on any atom is 0.264 e. The molecule has 1 heterocycles. The van der Waals surface area contributed by atoms with Crippen molar-refractivity contribution in [3.8, 4) is 11.5 Å². The van der Waals surface area contributed by atoms with Crippen LogP contribution in [0.2, 0.25) is 5.02 Å². The molecule has 2 aromatic carbocycles. The lowest BCUT2D eigenvalue weighted by atomic mass is 10.1. The van der Waals surface area contributed by atoms with Gasteiger partial charge in [0.25, 0.3) is 5.91 Å². The first-order valence-electron chi connectivity index (χ1n) is 8.58. The Morgan fingerprint density at radius 1 is 1.14 bits per heavy atom. The summed E-state index contributed by atoms with van der Waals surface area (Å²) in [5, 5.41) is -0.139. The number of methoxy groups -OCH3 is 3. The van der Waals surface area contributed by atoms with E-state index in [1.807, 2.05) is 24.3 Å². The first-order valence-corrected chi connectivity index (χ1v) is 10.4. The van der Waals surface area contributed by atoms with E-state index in [4.69, 9.17) is 37.4 Å². The number of rotatable bonds is 5. The Balaban J connectivity index is 2.18. The molecule has 29 heavy (non-hydrogen) atoms. The molecular formula is C20H19Cl2NO5S. The van der Waals surface area contributed by atoms with Crippen molar-refractivity contribution in [2.75, 3.05) is 32.1 Å². The fourth-order valence-electron chi connectivity index (χ4n) is 3.10. The van der Waals surface area contributed by atoms with E-state index >= 15 is 0 Å². The molecule has 9 heteroatoms. The maximum absolute atomic E-state index is 13.3. The van der Waals surface area contributed by atoms with E-state index < -0.39 is 23.2 Å². The number of alkyl halides is 1. The maximum atomic E-state index is 13.3. The highest BCUT2D eigenvalue weighted by Crippen LogP contribution is 2.49. The SMILES string of the molecule is COc1ccc(C2Sc3cc(OC)c(Cl)cc3N(C(=O)CCl)C(=O)C2OC)cc1. The number of fused-ring (bicyclic) bond motifs is 1. The van der Waals surface area contributed by atoms with Gasteiger partial charge in [0.1, 0.15) is 17.4 Å². The zero-order valence-electron chi connectivity index (χ0n) is 16.0. The second kappa shape index (κ2) is 9.26. The van der Waals surface area contributed by atoms with Crippen LogP contribution in [0.25, 0.3) is 0 Å². The molecule has 1 aliphatic rings. The highest BCUT2D eigenvalue weighted by atomic mass is 35.5. The molecule has 0 aliphatic carbocycles. The van der Waals surface area contributed by atoms with Crippen molar-refractivity contribution in [1.82, 2.24) is 0 Å². The van der Waals surface area contributed by atoms with Gasteiger partial charge in [-0.2, -0.15) is 0 Å². The van der Waals surface area contributed by atoms with Crippen LogP contribution in [0.3, 0.4) is 0 Å². The van der Waals surface area contributed by atoms with Crippen molar-refractivity contribution in [3.05, 3.63) is 47.0 Å². The second-order valence-electron chi connectivity index (χ2n) is 6.12. The van der Waals surface area contributed by atoms with Crippen LogP contribution in [0.15, 0.2) is 41.3 Å². The number of ether oxygens (including phenoxy) is 3. The Labute approximate surface area is 183 Å². The quantitative estimate of drug-likeness (QED) is 0.625. The minimum atomic E-state index is -0.919. The van der Waals surface area contributed by atoms with E-state index in [0.29, 0.717) is 22.1 Å². The van der Waals surface area contributed by atoms with Gasteiger partial charge in [-0.25, -0.2) is 4.90 Å². The molecule has 0 fully saturated rings. The van der Waals surface area contributed by atoms with Crippen molar-refractivity contribution >= 4 is 52.5 Å². The number of carbonyl (C=O) groups excluding carboxylic acids is 2. The third-order valence-electron chi connectivity index (χ3n) is 4.53. The number of halogens is 2. The molecule has 0 radical (unpaired) electrons. The number of imide groups is 1. The number of anilines is 1. The van der Waals surface area contributed by atoms with Gasteiger partial charge in [0, 0.05) is 12.0 Å². The highest BCUT2D eigenvalue weighted by molar-refractivity contribution is 7.99. The van der Waals surface area contributed by atoms with Crippen molar-refractivity contribution in [3.63, 3.8) is 0 Å². The molecular weight excluding hydrogens is 437 g/mol. The molecule has 1 aliphatic heterocycles. The Bertz CT molecular complexity index is 922. The van der Waals surface area contributed by atoms with Crippen molar-refractivity contribution in [1.29, 1.82) is 0 Å². The van der Waals surface area contributed by atoms with Gasteiger partial charge in [-0.1, -0.05) is 23.7 Å².